The van der Waals surface area contributed by atoms with Crippen LogP contribution in [0.15, 0.2) is 53.2 Å². The fourth-order valence-corrected chi connectivity index (χ4v) is 4.75. The van der Waals surface area contributed by atoms with Gasteiger partial charge in [0, 0.05) is 61.8 Å². The van der Waals surface area contributed by atoms with Crippen molar-refractivity contribution in [1.29, 1.82) is 0 Å². The zero-order valence-corrected chi connectivity index (χ0v) is 19.5. The Bertz CT molecular complexity index is 1140. The molecule has 5 rings (SSSR count). The van der Waals surface area contributed by atoms with Gasteiger partial charge >= 0.3 is 0 Å². The van der Waals surface area contributed by atoms with Gasteiger partial charge in [-0.1, -0.05) is 29.8 Å². The number of fused-ring (bicyclic) bond motifs is 2. The van der Waals surface area contributed by atoms with Crippen molar-refractivity contribution in [3.8, 4) is 0 Å². The Kier molecular flexibility index (Phi) is 6.73. The zero-order chi connectivity index (χ0) is 23.5. The molecule has 1 amide bonds. The Hall–Kier alpha value is -3.04. The molecule has 2 aromatic rings. The lowest BCUT2D eigenvalue weighted by Gasteiger charge is -2.34. The molecule has 8 nitrogen and oxygen atoms in total. The van der Waals surface area contributed by atoms with E-state index in [0.717, 1.165) is 78.7 Å². The molecule has 3 aliphatic heterocycles. The van der Waals surface area contributed by atoms with Crippen LogP contribution in [-0.2, 0) is 9.53 Å². The van der Waals surface area contributed by atoms with E-state index in [2.05, 4.69) is 39.5 Å². The second-order valence-electron chi connectivity index (χ2n) is 8.87. The number of aliphatic hydroxyl groups is 1. The van der Waals surface area contributed by atoms with Gasteiger partial charge in [-0.05, 0) is 25.1 Å². The summed E-state index contributed by atoms with van der Waals surface area (Å²) in [7, 11) is 0. The van der Waals surface area contributed by atoms with Crippen molar-refractivity contribution in [3.63, 3.8) is 0 Å². The minimum absolute atomic E-state index is 0.123. The maximum absolute atomic E-state index is 12.9. The van der Waals surface area contributed by atoms with Crippen LogP contribution in [-0.4, -0.2) is 85.7 Å². The van der Waals surface area contributed by atoms with Gasteiger partial charge in [0.15, 0.2) is 0 Å². The van der Waals surface area contributed by atoms with Gasteiger partial charge in [-0.15, -0.1) is 0 Å². The number of hydrogen-bond donors (Lipinski definition) is 3. The van der Waals surface area contributed by atoms with Crippen LogP contribution in [0.4, 0.5) is 11.4 Å². The van der Waals surface area contributed by atoms with Crippen LogP contribution in [0.25, 0.3) is 5.57 Å². The van der Waals surface area contributed by atoms with E-state index >= 15 is 0 Å². The largest absolute Gasteiger partial charge is 0.395 e. The minimum Gasteiger partial charge on any atom is -0.395 e. The molecule has 178 valence electrons. The van der Waals surface area contributed by atoms with Gasteiger partial charge in [0.05, 0.1) is 30.2 Å². The van der Waals surface area contributed by atoms with E-state index in [-0.39, 0.29) is 19.2 Å². The summed E-state index contributed by atoms with van der Waals surface area (Å²) in [5.74, 6) is -0.123. The topological polar surface area (TPSA) is 89.4 Å². The Morgan fingerprint density at radius 2 is 1.71 bits per heavy atom. The van der Waals surface area contributed by atoms with Crippen LogP contribution in [0.2, 0.25) is 0 Å². The second-order valence-corrected chi connectivity index (χ2v) is 8.87. The van der Waals surface area contributed by atoms with Gasteiger partial charge in [0.25, 0.3) is 5.91 Å². The lowest BCUT2D eigenvalue weighted by Crippen LogP contribution is -2.47. The second kappa shape index (κ2) is 10.1. The number of nitrogens with zero attached hydrogens (tertiary/aromatic N) is 3. The third-order valence-corrected chi connectivity index (χ3v) is 6.60. The average Bonchev–Trinajstić information content (AvgIpc) is 3.36. The van der Waals surface area contributed by atoms with Crippen molar-refractivity contribution in [1.82, 2.24) is 9.80 Å². The molecule has 8 heteroatoms. The molecular formula is C26H31N5O3. The number of allylic oxidation sites excluding steroid dienone is 1. The molecule has 0 saturated carbocycles. The highest BCUT2D eigenvalue weighted by atomic mass is 16.5. The van der Waals surface area contributed by atoms with Crippen molar-refractivity contribution in [2.45, 2.75) is 6.92 Å². The third kappa shape index (κ3) is 4.63. The van der Waals surface area contributed by atoms with E-state index in [1.165, 1.54) is 0 Å². The molecule has 1 fully saturated rings. The number of β-amino-alcohol motifs (C(OH)–C–C–N with tert-alkyl or cyclic N) is 1. The van der Waals surface area contributed by atoms with E-state index < -0.39 is 0 Å². The number of aryl methyl sites for hydroxylation is 1. The van der Waals surface area contributed by atoms with E-state index in [1.54, 1.807) is 0 Å². The van der Waals surface area contributed by atoms with Gasteiger partial charge in [0.1, 0.15) is 6.73 Å². The fourth-order valence-electron chi connectivity index (χ4n) is 4.75. The molecule has 1 saturated heterocycles. The molecule has 0 radical (unpaired) electrons. The first-order chi connectivity index (χ1) is 16.6. The van der Waals surface area contributed by atoms with Gasteiger partial charge in [-0.2, -0.15) is 0 Å². The summed E-state index contributed by atoms with van der Waals surface area (Å²) in [5, 5.41) is 15.5. The number of rotatable bonds is 7. The highest BCUT2D eigenvalue weighted by molar-refractivity contribution is 6.39. The number of anilines is 2. The number of benzene rings is 2. The molecule has 0 atom stereocenters. The number of ether oxygens (including phenoxy) is 1. The van der Waals surface area contributed by atoms with Crippen LogP contribution < -0.4 is 10.6 Å². The molecule has 0 spiro atoms. The molecule has 0 aromatic heterocycles. The van der Waals surface area contributed by atoms with Crippen LogP contribution in [0.3, 0.4) is 0 Å². The number of para-hydroxylation sites is 1. The first kappa shape index (κ1) is 22.7. The lowest BCUT2D eigenvalue weighted by atomic mass is 10.0. The van der Waals surface area contributed by atoms with Crippen LogP contribution >= 0.6 is 0 Å². The zero-order valence-electron chi connectivity index (χ0n) is 19.5. The highest BCUT2D eigenvalue weighted by Crippen LogP contribution is 2.39. The molecule has 34 heavy (non-hydrogen) atoms. The number of aliphatic hydroxyl groups excluding tert-OH is 1. The van der Waals surface area contributed by atoms with Crippen molar-refractivity contribution in [2.75, 3.05) is 69.8 Å². The Morgan fingerprint density at radius 3 is 2.50 bits per heavy atom. The molecular weight excluding hydrogens is 430 g/mol. The molecule has 3 N–H and O–H groups in total. The number of nitrogens with one attached hydrogen (secondary N) is 2. The van der Waals surface area contributed by atoms with E-state index in [9.17, 15) is 4.79 Å². The highest BCUT2D eigenvalue weighted by Gasteiger charge is 2.33. The summed E-state index contributed by atoms with van der Waals surface area (Å²) in [6.07, 6.45) is 0. The Labute approximate surface area is 199 Å². The number of carbonyl (C=O) groups excluding carboxylic acids is 1. The van der Waals surface area contributed by atoms with E-state index in [0.29, 0.717) is 12.2 Å². The maximum Gasteiger partial charge on any atom is 0.258 e. The van der Waals surface area contributed by atoms with E-state index in [1.807, 2.05) is 30.3 Å². The van der Waals surface area contributed by atoms with Gasteiger partial charge in [0.2, 0.25) is 0 Å². The minimum atomic E-state index is -0.123. The fraction of sp³-hybridized carbons (Fsp3) is 0.385. The normalized spacial score (nSPS) is 21.5. The van der Waals surface area contributed by atoms with Gasteiger partial charge in [-0.3, -0.25) is 19.6 Å². The first-order valence-corrected chi connectivity index (χ1v) is 11.9. The van der Waals surface area contributed by atoms with Crippen molar-refractivity contribution >= 4 is 28.6 Å². The standard InChI is InChI=1S/C26H31N5O3/c1-18-6-7-22-20(16-18)24(25(28-22)23-19-4-2-3-5-21(19)29-26(23)33)27-17-34-15-13-31-10-8-30(9-11-31)12-14-32/h2-7,16,28,32H,8-15,17H2,1H3,(H,29,33)/b25-23-,27-24+. The maximum atomic E-state index is 12.9. The van der Waals surface area contributed by atoms with Gasteiger partial charge in [-0.25, -0.2) is 0 Å². The lowest BCUT2D eigenvalue weighted by molar-refractivity contribution is -0.110. The monoisotopic (exact) mass is 461 g/mol. The molecule has 3 aliphatic rings. The summed E-state index contributed by atoms with van der Waals surface area (Å²) >= 11 is 0. The summed E-state index contributed by atoms with van der Waals surface area (Å²) in [6.45, 7) is 8.63. The van der Waals surface area contributed by atoms with Crippen LogP contribution in [0, 0.1) is 6.92 Å². The number of hydrogen-bond acceptors (Lipinski definition) is 7. The quantitative estimate of drug-likeness (QED) is 0.433. The molecule has 3 heterocycles. The summed E-state index contributed by atoms with van der Waals surface area (Å²) in [4.78, 5) is 22.3. The predicted octanol–water partition coefficient (Wildman–Crippen LogP) is 2.16. The van der Waals surface area contributed by atoms with Crippen molar-refractivity contribution in [2.24, 2.45) is 4.99 Å². The molecule has 0 aliphatic carbocycles. The SMILES string of the molecule is Cc1ccc2c(c1)C(=N\COCCN1CCN(CCO)CC1)/C(=C1/C(=O)Nc3ccccc31)N2. The molecule has 0 bridgehead atoms. The summed E-state index contributed by atoms with van der Waals surface area (Å²) < 4.78 is 5.89. The Balaban J connectivity index is 1.30. The van der Waals surface area contributed by atoms with Gasteiger partial charge < -0.3 is 20.5 Å². The Morgan fingerprint density at radius 1 is 0.971 bits per heavy atom. The number of carbonyl (C=O) groups is 1. The molecule has 0 unspecified atom stereocenters. The first-order valence-electron chi connectivity index (χ1n) is 11.9. The van der Waals surface area contributed by atoms with Crippen molar-refractivity contribution in [3.05, 3.63) is 64.9 Å². The van der Waals surface area contributed by atoms with Crippen LogP contribution in [0.1, 0.15) is 16.7 Å². The number of piperazine rings is 1. The molecule has 2 aromatic carbocycles. The van der Waals surface area contributed by atoms with Crippen LogP contribution in [0.5, 0.6) is 0 Å². The number of aliphatic imine (C=N–C) groups is 1. The number of amides is 1. The smallest absolute Gasteiger partial charge is 0.258 e. The summed E-state index contributed by atoms with van der Waals surface area (Å²) in [6, 6.07) is 13.9. The van der Waals surface area contributed by atoms with E-state index in [4.69, 9.17) is 14.8 Å². The summed E-state index contributed by atoms with van der Waals surface area (Å²) in [5.41, 5.74) is 6.88. The average molecular weight is 462 g/mol. The third-order valence-electron chi connectivity index (χ3n) is 6.60. The predicted molar refractivity (Wildman–Crippen MR) is 134 cm³/mol. The van der Waals surface area contributed by atoms with Crippen molar-refractivity contribution < 1.29 is 14.6 Å².